The summed E-state index contributed by atoms with van der Waals surface area (Å²) in [7, 11) is 0. The van der Waals surface area contributed by atoms with Crippen LogP contribution in [0.2, 0.25) is 0 Å². The number of amides is 2. The van der Waals surface area contributed by atoms with Gasteiger partial charge in [0, 0.05) is 19.5 Å². The van der Waals surface area contributed by atoms with Crippen LogP contribution in [0.1, 0.15) is 31.0 Å². The van der Waals surface area contributed by atoms with Gasteiger partial charge in [-0.05, 0) is 19.8 Å². The van der Waals surface area contributed by atoms with Crippen molar-refractivity contribution in [3.8, 4) is 0 Å². The molecule has 2 saturated heterocycles. The average Bonchev–Trinajstić information content (AvgIpc) is 2.99. The molecule has 1 aromatic rings. The van der Waals surface area contributed by atoms with Gasteiger partial charge in [-0.3, -0.25) is 9.59 Å². The zero-order valence-corrected chi connectivity index (χ0v) is 10.8. The van der Waals surface area contributed by atoms with Crippen molar-refractivity contribution < 1.29 is 14.1 Å². The third kappa shape index (κ3) is 2.20. The summed E-state index contributed by atoms with van der Waals surface area (Å²) < 4.78 is 5.04. The maximum absolute atomic E-state index is 12.4. The fraction of sp³-hybridized carbons (Fsp3) is 0.667. The quantitative estimate of drug-likeness (QED) is 0.757. The Morgan fingerprint density at radius 3 is 2.95 bits per heavy atom. The van der Waals surface area contributed by atoms with E-state index in [4.69, 9.17) is 4.52 Å². The number of rotatable bonds is 2. The lowest BCUT2D eigenvalue weighted by Crippen LogP contribution is -2.43. The van der Waals surface area contributed by atoms with Crippen LogP contribution in [0, 0.1) is 6.92 Å². The lowest BCUT2D eigenvalue weighted by molar-refractivity contribution is -0.139. The Kier molecular flexibility index (Phi) is 2.96. The number of carbonyl (C=O) groups is 2. The number of aromatic nitrogens is 2. The van der Waals surface area contributed by atoms with E-state index in [0.717, 1.165) is 12.8 Å². The highest BCUT2D eigenvalue weighted by atomic mass is 16.5. The normalized spacial score (nSPS) is 23.7. The molecule has 7 nitrogen and oxygen atoms in total. The summed E-state index contributed by atoms with van der Waals surface area (Å²) in [6.07, 6.45) is 2.02. The number of carbonyl (C=O) groups excluding carboxylic acids is 2. The van der Waals surface area contributed by atoms with Crippen molar-refractivity contribution in [1.29, 1.82) is 0 Å². The van der Waals surface area contributed by atoms with Gasteiger partial charge in [0.25, 0.3) is 0 Å². The number of nitrogens with zero attached hydrogens (tertiary/aromatic N) is 4. The number of fused-ring (bicyclic) bond motifs is 1. The Labute approximate surface area is 110 Å². The molecule has 1 unspecified atom stereocenters. The zero-order valence-electron chi connectivity index (χ0n) is 10.8. The molecule has 0 spiro atoms. The van der Waals surface area contributed by atoms with Crippen LogP contribution >= 0.6 is 0 Å². The van der Waals surface area contributed by atoms with Crippen LogP contribution in [0.5, 0.6) is 0 Å². The molecule has 0 N–H and O–H groups in total. The maximum Gasteiger partial charge on any atom is 0.246 e. The molecule has 0 aromatic carbocycles. The summed E-state index contributed by atoms with van der Waals surface area (Å²) in [6.45, 7) is 3.14. The summed E-state index contributed by atoms with van der Waals surface area (Å²) in [6, 6.07) is -0.293. The number of aryl methyl sites for hydroxylation is 1. The molecule has 3 rings (SSSR count). The molecule has 3 heterocycles. The van der Waals surface area contributed by atoms with Crippen molar-refractivity contribution >= 4 is 11.8 Å². The van der Waals surface area contributed by atoms with Crippen molar-refractivity contribution in [3.05, 3.63) is 11.7 Å². The van der Waals surface area contributed by atoms with E-state index in [0.29, 0.717) is 31.2 Å². The third-order valence-electron chi connectivity index (χ3n) is 3.66. The number of hydrogen-bond donors (Lipinski definition) is 0. The van der Waals surface area contributed by atoms with E-state index < -0.39 is 0 Å². The van der Waals surface area contributed by atoms with E-state index in [9.17, 15) is 9.59 Å². The molecular formula is C12H16N4O3. The second-order valence-electron chi connectivity index (χ2n) is 4.99. The molecule has 1 atom stereocenters. The minimum absolute atomic E-state index is 0.000738. The van der Waals surface area contributed by atoms with Crippen LogP contribution in [0.15, 0.2) is 4.52 Å². The van der Waals surface area contributed by atoms with Crippen LogP contribution in [0.4, 0.5) is 0 Å². The molecular weight excluding hydrogens is 248 g/mol. The molecule has 102 valence electrons. The van der Waals surface area contributed by atoms with Gasteiger partial charge in [0.05, 0.1) is 0 Å². The second kappa shape index (κ2) is 4.64. The molecule has 0 bridgehead atoms. The first-order valence-electron chi connectivity index (χ1n) is 6.52. The molecule has 0 saturated carbocycles. The van der Waals surface area contributed by atoms with Crippen molar-refractivity contribution in [2.45, 2.75) is 38.8 Å². The smallest absolute Gasteiger partial charge is 0.246 e. The van der Waals surface area contributed by atoms with Crippen molar-refractivity contribution in [2.75, 3.05) is 13.1 Å². The largest absolute Gasteiger partial charge is 0.337 e. The van der Waals surface area contributed by atoms with E-state index in [1.807, 2.05) is 0 Å². The summed E-state index contributed by atoms with van der Waals surface area (Å²) in [4.78, 5) is 31.8. The first-order valence-corrected chi connectivity index (χ1v) is 6.52. The molecule has 2 aliphatic rings. The SMILES string of the molecule is Cc1noc(CN2CCC(=O)N3CCCC3C2=O)n1. The van der Waals surface area contributed by atoms with Gasteiger partial charge in [0.1, 0.15) is 12.6 Å². The molecule has 2 aliphatic heterocycles. The van der Waals surface area contributed by atoms with Crippen LogP contribution in [0.25, 0.3) is 0 Å². The van der Waals surface area contributed by atoms with Gasteiger partial charge < -0.3 is 14.3 Å². The van der Waals surface area contributed by atoms with Crippen molar-refractivity contribution in [2.24, 2.45) is 0 Å². The zero-order chi connectivity index (χ0) is 13.4. The van der Waals surface area contributed by atoms with Crippen molar-refractivity contribution in [3.63, 3.8) is 0 Å². The minimum atomic E-state index is -0.293. The first kappa shape index (κ1) is 12.1. The van der Waals surface area contributed by atoms with Crippen LogP contribution in [-0.4, -0.2) is 50.9 Å². The second-order valence-corrected chi connectivity index (χ2v) is 4.99. The van der Waals surface area contributed by atoms with Gasteiger partial charge in [-0.1, -0.05) is 5.16 Å². The highest BCUT2D eigenvalue weighted by Gasteiger charge is 2.39. The lowest BCUT2D eigenvalue weighted by atomic mass is 10.2. The van der Waals surface area contributed by atoms with Crippen LogP contribution in [-0.2, 0) is 16.1 Å². The fourth-order valence-corrected chi connectivity index (χ4v) is 2.74. The Hall–Kier alpha value is -1.92. The van der Waals surface area contributed by atoms with Crippen molar-refractivity contribution in [1.82, 2.24) is 19.9 Å². The molecule has 2 fully saturated rings. The van der Waals surface area contributed by atoms with Gasteiger partial charge in [-0.25, -0.2) is 0 Å². The Bertz CT molecular complexity index is 513. The summed E-state index contributed by atoms with van der Waals surface area (Å²) in [5.41, 5.74) is 0. The standard InChI is InChI=1S/C12H16N4O3/c1-8-13-10(19-14-8)7-15-6-4-11(17)16-5-2-3-9(16)12(15)18/h9H,2-7H2,1H3. The Morgan fingerprint density at radius 1 is 1.37 bits per heavy atom. The predicted octanol–water partition coefficient (Wildman–Crippen LogP) is 0.101. The molecule has 19 heavy (non-hydrogen) atoms. The molecule has 0 aliphatic carbocycles. The minimum Gasteiger partial charge on any atom is -0.337 e. The molecule has 1 aromatic heterocycles. The Balaban J connectivity index is 1.78. The lowest BCUT2D eigenvalue weighted by Gasteiger charge is -2.23. The van der Waals surface area contributed by atoms with E-state index in [1.54, 1.807) is 16.7 Å². The van der Waals surface area contributed by atoms with Crippen LogP contribution in [0.3, 0.4) is 0 Å². The predicted molar refractivity (Wildman–Crippen MR) is 63.8 cm³/mol. The van der Waals surface area contributed by atoms with Gasteiger partial charge in [-0.15, -0.1) is 0 Å². The maximum atomic E-state index is 12.4. The molecule has 2 amide bonds. The Morgan fingerprint density at radius 2 is 2.21 bits per heavy atom. The fourth-order valence-electron chi connectivity index (χ4n) is 2.74. The topological polar surface area (TPSA) is 79.5 Å². The van der Waals surface area contributed by atoms with Gasteiger partial charge in [0.2, 0.25) is 17.7 Å². The summed E-state index contributed by atoms with van der Waals surface area (Å²) >= 11 is 0. The summed E-state index contributed by atoms with van der Waals surface area (Å²) in [5.74, 6) is 1.04. The summed E-state index contributed by atoms with van der Waals surface area (Å²) in [5, 5.41) is 3.71. The highest BCUT2D eigenvalue weighted by Crippen LogP contribution is 2.24. The van der Waals surface area contributed by atoms with Gasteiger partial charge in [0.15, 0.2) is 5.82 Å². The van der Waals surface area contributed by atoms with Gasteiger partial charge >= 0.3 is 0 Å². The third-order valence-corrected chi connectivity index (χ3v) is 3.66. The van der Waals surface area contributed by atoms with Gasteiger partial charge in [-0.2, -0.15) is 4.98 Å². The monoisotopic (exact) mass is 264 g/mol. The highest BCUT2D eigenvalue weighted by molar-refractivity contribution is 5.90. The first-order chi connectivity index (χ1) is 9.15. The molecule has 0 radical (unpaired) electrons. The van der Waals surface area contributed by atoms with E-state index in [-0.39, 0.29) is 24.4 Å². The van der Waals surface area contributed by atoms with E-state index in [1.165, 1.54) is 0 Å². The van der Waals surface area contributed by atoms with Crippen LogP contribution < -0.4 is 0 Å². The number of hydrogen-bond acceptors (Lipinski definition) is 5. The average molecular weight is 264 g/mol. The van der Waals surface area contributed by atoms with E-state index >= 15 is 0 Å². The van der Waals surface area contributed by atoms with E-state index in [2.05, 4.69) is 10.1 Å². The molecule has 7 heteroatoms.